The van der Waals surface area contributed by atoms with E-state index in [-0.39, 0.29) is 17.2 Å². The predicted molar refractivity (Wildman–Crippen MR) is 137 cm³/mol. The number of hydrogen-bond acceptors (Lipinski definition) is 8. The Morgan fingerprint density at radius 3 is 2.17 bits per heavy atom. The van der Waals surface area contributed by atoms with Crippen LogP contribution in [0.15, 0.2) is 66.0 Å². The van der Waals surface area contributed by atoms with E-state index in [1.54, 1.807) is 37.3 Å². The normalized spacial score (nSPS) is 14.8. The number of aromatic nitrogens is 1. The molecular weight excluding hydrogens is 504 g/mol. The Hall–Kier alpha value is -3.32. The van der Waals surface area contributed by atoms with E-state index in [0.717, 1.165) is 23.2 Å². The lowest BCUT2D eigenvalue weighted by molar-refractivity contribution is -0.0188. The van der Waals surface area contributed by atoms with Crippen molar-refractivity contribution in [3.05, 3.63) is 82.9 Å². The van der Waals surface area contributed by atoms with E-state index >= 15 is 0 Å². The number of benzene rings is 2. The summed E-state index contributed by atoms with van der Waals surface area (Å²) in [6, 6.07) is 15.8. The minimum atomic E-state index is -3.56. The van der Waals surface area contributed by atoms with Gasteiger partial charge in [-0.25, -0.2) is 13.4 Å². The molecule has 192 valence electrons. The van der Waals surface area contributed by atoms with Crippen LogP contribution in [0.4, 0.5) is 5.13 Å². The number of hydrogen-bond donors (Lipinski definition) is 5. The largest absolute Gasteiger partial charge is 0.388 e. The molecule has 5 N–H and O–H groups in total. The average Bonchev–Trinajstić information content (AvgIpc) is 3.30. The summed E-state index contributed by atoms with van der Waals surface area (Å²) in [4.78, 5) is 29.3. The summed E-state index contributed by atoms with van der Waals surface area (Å²) in [5.41, 5.74) is 1.16. The van der Waals surface area contributed by atoms with Crippen LogP contribution in [-0.2, 0) is 16.4 Å². The van der Waals surface area contributed by atoms with Crippen LogP contribution >= 0.6 is 11.3 Å². The van der Waals surface area contributed by atoms with Crippen LogP contribution in [-0.4, -0.2) is 66.0 Å². The Bertz CT molecular complexity index is 1270. The Balaban J connectivity index is 1.74. The molecule has 2 amide bonds. The highest BCUT2D eigenvalue weighted by atomic mass is 32.2. The highest BCUT2D eigenvalue weighted by molar-refractivity contribution is 7.92. The highest BCUT2D eigenvalue weighted by Gasteiger charge is 2.33. The second kappa shape index (κ2) is 12.1. The van der Waals surface area contributed by atoms with Crippen molar-refractivity contribution < 1.29 is 28.2 Å². The van der Waals surface area contributed by atoms with Gasteiger partial charge in [0.2, 0.25) is 10.0 Å². The molecule has 1 aromatic heterocycles. The summed E-state index contributed by atoms with van der Waals surface area (Å²) in [6.07, 6.45) is -1.71. The van der Waals surface area contributed by atoms with Gasteiger partial charge in [-0.15, -0.1) is 11.3 Å². The van der Waals surface area contributed by atoms with E-state index in [2.05, 4.69) is 20.3 Å². The molecule has 0 spiro atoms. The van der Waals surface area contributed by atoms with Crippen molar-refractivity contribution in [3.8, 4) is 0 Å². The van der Waals surface area contributed by atoms with Crippen LogP contribution in [0.3, 0.4) is 0 Å². The molecule has 0 saturated carbocycles. The maximum absolute atomic E-state index is 12.9. The third-order valence-corrected chi connectivity index (χ3v) is 6.74. The monoisotopic (exact) mass is 532 g/mol. The molecule has 0 fully saturated rings. The Morgan fingerprint density at radius 2 is 1.56 bits per heavy atom. The summed E-state index contributed by atoms with van der Waals surface area (Å²) in [5.74, 6) is -1.06. The molecule has 0 aliphatic rings. The summed E-state index contributed by atoms with van der Waals surface area (Å²) in [6.45, 7) is 1.56. The van der Waals surface area contributed by atoms with Gasteiger partial charge in [0.1, 0.15) is 17.9 Å². The molecule has 2 aromatic carbocycles. The molecule has 0 saturated heterocycles. The number of carbonyl (C=O) groups is 2. The van der Waals surface area contributed by atoms with Gasteiger partial charge in [0, 0.05) is 10.9 Å². The Kier molecular flexibility index (Phi) is 9.15. The lowest BCUT2D eigenvalue weighted by Crippen LogP contribution is -2.55. The standard InChI is InChI=1S/C24H28N4O6S2/c1-15(25-22(31)17-11-7-4-8-12-17)20(29)21(30)18(13-16-9-5-3-6-10-16)26-23(32)19-14-35-24(27-19)28-36(2,33)34/h3-12,14-15,18,20-21,29-30H,13H2,1-2H3,(H,25,31)(H,26,32)(H,27,28). The van der Waals surface area contributed by atoms with E-state index < -0.39 is 46.1 Å². The highest BCUT2D eigenvalue weighted by Crippen LogP contribution is 2.18. The number of aliphatic hydroxyl groups is 2. The predicted octanol–water partition coefficient (Wildman–Crippen LogP) is 1.40. The fraction of sp³-hybridized carbons (Fsp3) is 0.292. The van der Waals surface area contributed by atoms with Crippen LogP contribution in [0.1, 0.15) is 33.3 Å². The van der Waals surface area contributed by atoms with Gasteiger partial charge in [0.25, 0.3) is 11.8 Å². The molecule has 0 radical (unpaired) electrons. The van der Waals surface area contributed by atoms with Gasteiger partial charge in [0.15, 0.2) is 5.13 Å². The second-order valence-electron chi connectivity index (χ2n) is 8.29. The van der Waals surface area contributed by atoms with E-state index in [4.69, 9.17) is 0 Å². The van der Waals surface area contributed by atoms with Crippen molar-refractivity contribution in [2.75, 3.05) is 11.0 Å². The van der Waals surface area contributed by atoms with Crippen LogP contribution in [0.5, 0.6) is 0 Å². The Labute approximate surface area is 213 Å². The zero-order chi connectivity index (χ0) is 26.3. The minimum Gasteiger partial charge on any atom is -0.388 e. The molecule has 3 rings (SSSR count). The number of sulfonamides is 1. The molecule has 3 aromatic rings. The smallest absolute Gasteiger partial charge is 0.271 e. The molecule has 4 atom stereocenters. The van der Waals surface area contributed by atoms with Crippen LogP contribution in [0, 0.1) is 0 Å². The zero-order valence-corrected chi connectivity index (χ0v) is 21.3. The van der Waals surface area contributed by atoms with Crippen molar-refractivity contribution in [3.63, 3.8) is 0 Å². The fourth-order valence-electron chi connectivity index (χ4n) is 3.45. The number of aliphatic hydroxyl groups excluding tert-OH is 2. The lowest BCUT2D eigenvalue weighted by atomic mass is 9.94. The molecule has 12 heteroatoms. The summed E-state index contributed by atoms with van der Waals surface area (Å²) in [7, 11) is -3.56. The third kappa shape index (κ3) is 7.85. The average molecular weight is 533 g/mol. The van der Waals surface area contributed by atoms with Gasteiger partial charge in [0.05, 0.1) is 18.3 Å². The molecule has 1 heterocycles. The maximum Gasteiger partial charge on any atom is 0.271 e. The first-order chi connectivity index (χ1) is 17.0. The van der Waals surface area contributed by atoms with Crippen LogP contribution in [0.2, 0.25) is 0 Å². The van der Waals surface area contributed by atoms with Crippen molar-refractivity contribution in [2.45, 2.75) is 37.6 Å². The van der Waals surface area contributed by atoms with Gasteiger partial charge in [-0.3, -0.25) is 14.3 Å². The summed E-state index contributed by atoms with van der Waals surface area (Å²) in [5, 5.41) is 28.6. The molecule has 10 nitrogen and oxygen atoms in total. The van der Waals surface area contributed by atoms with Crippen molar-refractivity contribution in [2.24, 2.45) is 0 Å². The SMILES string of the molecule is CC(NC(=O)c1ccccc1)C(O)C(O)C(Cc1ccccc1)NC(=O)c1csc(NS(C)(=O)=O)n1. The van der Waals surface area contributed by atoms with Gasteiger partial charge < -0.3 is 20.8 Å². The van der Waals surface area contributed by atoms with E-state index in [1.165, 1.54) is 5.38 Å². The third-order valence-electron chi connectivity index (χ3n) is 5.29. The number of carbonyl (C=O) groups excluding carboxylic acids is 2. The number of thiazole rings is 1. The molecule has 36 heavy (non-hydrogen) atoms. The van der Waals surface area contributed by atoms with E-state index in [1.807, 2.05) is 30.3 Å². The molecule has 4 unspecified atom stereocenters. The summed E-state index contributed by atoms with van der Waals surface area (Å²) < 4.78 is 25.0. The van der Waals surface area contributed by atoms with Gasteiger partial charge in [-0.2, -0.15) is 0 Å². The topological polar surface area (TPSA) is 158 Å². The quantitative estimate of drug-likeness (QED) is 0.250. The zero-order valence-electron chi connectivity index (χ0n) is 19.7. The first-order valence-electron chi connectivity index (χ1n) is 11.0. The van der Waals surface area contributed by atoms with Crippen molar-refractivity contribution >= 4 is 38.3 Å². The van der Waals surface area contributed by atoms with Gasteiger partial charge in [-0.1, -0.05) is 48.5 Å². The van der Waals surface area contributed by atoms with Crippen LogP contribution in [0.25, 0.3) is 0 Å². The van der Waals surface area contributed by atoms with E-state index in [9.17, 15) is 28.2 Å². The van der Waals surface area contributed by atoms with Crippen LogP contribution < -0.4 is 15.4 Å². The van der Waals surface area contributed by atoms with E-state index in [0.29, 0.717) is 5.56 Å². The summed E-state index contributed by atoms with van der Waals surface area (Å²) >= 11 is 0.939. The molecule has 0 aliphatic carbocycles. The maximum atomic E-state index is 12.9. The minimum absolute atomic E-state index is 0.0279. The number of amides is 2. The number of rotatable bonds is 11. The molecular formula is C24H28N4O6S2. The van der Waals surface area contributed by atoms with Crippen molar-refractivity contribution in [1.82, 2.24) is 15.6 Å². The fourth-order valence-corrected chi connectivity index (χ4v) is 4.99. The van der Waals surface area contributed by atoms with Crippen molar-refractivity contribution in [1.29, 1.82) is 0 Å². The lowest BCUT2D eigenvalue weighted by Gasteiger charge is -2.31. The van der Waals surface area contributed by atoms with Gasteiger partial charge in [-0.05, 0) is 31.0 Å². The number of nitrogens with zero attached hydrogens (tertiary/aromatic N) is 1. The van der Waals surface area contributed by atoms with Gasteiger partial charge >= 0.3 is 0 Å². The molecule has 0 bridgehead atoms. The first kappa shape index (κ1) is 27.3. The second-order valence-corrected chi connectivity index (χ2v) is 10.9. The number of nitrogens with one attached hydrogen (secondary N) is 3. The first-order valence-corrected chi connectivity index (χ1v) is 13.8. The number of anilines is 1. The Morgan fingerprint density at radius 1 is 0.944 bits per heavy atom. The molecule has 0 aliphatic heterocycles.